The van der Waals surface area contributed by atoms with Gasteiger partial charge < -0.3 is 19.5 Å². The molecule has 138 valence electrons. The van der Waals surface area contributed by atoms with E-state index in [-0.39, 0.29) is 34.7 Å². The number of para-hydroxylation sites is 1. The second-order valence-electron chi connectivity index (χ2n) is 5.98. The van der Waals surface area contributed by atoms with Gasteiger partial charge in [0.15, 0.2) is 5.76 Å². The van der Waals surface area contributed by atoms with Crippen molar-refractivity contribution in [3.05, 3.63) is 48.2 Å². The number of furan rings is 1. The van der Waals surface area contributed by atoms with E-state index in [4.69, 9.17) is 8.83 Å². The fraction of sp³-hybridized carbons (Fsp3) is 0.222. The molecule has 1 fully saturated rings. The predicted molar refractivity (Wildman–Crippen MR) is 98.3 cm³/mol. The molecule has 9 heteroatoms. The molecule has 0 atom stereocenters. The van der Waals surface area contributed by atoms with Gasteiger partial charge in [0.25, 0.3) is 17.0 Å². The summed E-state index contributed by atoms with van der Waals surface area (Å²) in [5, 5.41) is 13.7. The zero-order valence-corrected chi connectivity index (χ0v) is 15.0. The number of hydrogen-bond acceptors (Lipinski definition) is 7. The first-order valence-corrected chi connectivity index (χ1v) is 9.37. The first kappa shape index (κ1) is 17.3. The van der Waals surface area contributed by atoms with Crippen LogP contribution in [0.2, 0.25) is 0 Å². The highest BCUT2D eigenvalue weighted by Gasteiger charge is 2.25. The van der Waals surface area contributed by atoms with Crippen LogP contribution in [0.3, 0.4) is 0 Å². The molecule has 3 aromatic rings. The van der Waals surface area contributed by atoms with Crippen LogP contribution in [-0.2, 0) is 4.79 Å². The minimum absolute atomic E-state index is 0.0678. The first-order chi connectivity index (χ1) is 13.2. The largest absolute Gasteiger partial charge is 0.459 e. The molecule has 4 rings (SSSR count). The zero-order valence-electron chi connectivity index (χ0n) is 14.2. The summed E-state index contributed by atoms with van der Waals surface area (Å²) in [6.45, 7) is 0. The van der Waals surface area contributed by atoms with Crippen LogP contribution in [0.15, 0.2) is 56.7 Å². The van der Waals surface area contributed by atoms with Gasteiger partial charge in [0.05, 0.1) is 23.3 Å². The molecule has 0 aliphatic heterocycles. The van der Waals surface area contributed by atoms with Crippen molar-refractivity contribution in [1.82, 2.24) is 15.5 Å². The highest BCUT2D eigenvalue weighted by molar-refractivity contribution is 7.99. The third kappa shape index (κ3) is 4.37. The van der Waals surface area contributed by atoms with Gasteiger partial charge in [0, 0.05) is 6.04 Å². The molecule has 2 heterocycles. The SMILES string of the molecule is O=C(CSc1nnc(-c2ccco2)o1)Nc1ccccc1C(=O)NC1CC1. The van der Waals surface area contributed by atoms with E-state index in [1.165, 1.54) is 6.26 Å². The lowest BCUT2D eigenvalue weighted by atomic mass is 10.1. The van der Waals surface area contributed by atoms with Crippen molar-refractivity contribution in [3.8, 4) is 11.7 Å². The van der Waals surface area contributed by atoms with Gasteiger partial charge in [-0.1, -0.05) is 23.9 Å². The van der Waals surface area contributed by atoms with Crippen LogP contribution < -0.4 is 10.6 Å². The van der Waals surface area contributed by atoms with E-state index in [1.807, 2.05) is 0 Å². The number of aromatic nitrogens is 2. The number of carbonyl (C=O) groups excluding carboxylic acids is 2. The molecular weight excluding hydrogens is 368 g/mol. The van der Waals surface area contributed by atoms with E-state index in [2.05, 4.69) is 20.8 Å². The van der Waals surface area contributed by atoms with Gasteiger partial charge in [-0.15, -0.1) is 10.2 Å². The van der Waals surface area contributed by atoms with Gasteiger partial charge in [-0.05, 0) is 37.1 Å². The minimum atomic E-state index is -0.274. The number of hydrogen-bond donors (Lipinski definition) is 2. The maximum absolute atomic E-state index is 12.3. The van der Waals surface area contributed by atoms with E-state index in [0.717, 1.165) is 24.6 Å². The maximum Gasteiger partial charge on any atom is 0.284 e. The topological polar surface area (TPSA) is 110 Å². The van der Waals surface area contributed by atoms with Crippen LogP contribution in [0, 0.1) is 0 Å². The van der Waals surface area contributed by atoms with Crippen LogP contribution in [0.5, 0.6) is 0 Å². The molecule has 1 aromatic carbocycles. The summed E-state index contributed by atoms with van der Waals surface area (Å²) in [5.41, 5.74) is 0.920. The summed E-state index contributed by atoms with van der Waals surface area (Å²) in [4.78, 5) is 24.5. The molecule has 0 unspecified atom stereocenters. The molecule has 1 saturated carbocycles. The van der Waals surface area contributed by atoms with Gasteiger partial charge in [0.2, 0.25) is 5.91 Å². The molecular formula is C18H16N4O4S. The summed E-state index contributed by atoms with van der Waals surface area (Å²) in [6, 6.07) is 10.6. The van der Waals surface area contributed by atoms with Crippen molar-refractivity contribution in [3.63, 3.8) is 0 Å². The summed E-state index contributed by atoms with van der Waals surface area (Å²) < 4.78 is 10.6. The van der Waals surface area contributed by atoms with Crippen LogP contribution in [-0.4, -0.2) is 33.8 Å². The minimum Gasteiger partial charge on any atom is -0.459 e. The maximum atomic E-state index is 12.3. The van der Waals surface area contributed by atoms with Gasteiger partial charge in [-0.25, -0.2) is 0 Å². The summed E-state index contributed by atoms with van der Waals surface area (Å²) in [5.74, 6) is 0.336. The van der Waals surface area contributed by atoms with Crippen molar-refractivity contribution >= 4 is 29.3 Å². The van der Waals surface area contributed by atoms with Gasteiger partial charge in [-0.3, -0.25) is 9.59 Å². The quantitative estimate of drug-likeness (QED) is 0.603. The lowest BCUT2D eigenvalue weighted by molar-refractivity contribution is -0.113. The molecule has 1 aliphatic carbocycles. The number of nitrogens with one attached hydrogen (secondary N) is 2. The fourth-order valence-corrected chi connectivity index (χ4v) is 2.93. The number of nitrogens with zero attached hydrogens (tertiary/aromatic N) is 2. The highest BCUT2D eigenvalue weighted by atomic mass is 32.2. The molecule has 27 heavy (non-hydrogen) atoms. The van der Waals surface area contributed by atoms with Crippen molar-refractivity contribution in [2.45, 2.75) is 24.1 Å². The number of thioether (sulfide) groups is 1. The molecule has 0 saturated heterocycles. The summed E-state index contributed by atoms with van der Waals surface area (Å²) in [7, 11) is 0. The van der Waals surface area contributed by atoms with Gasteiger partial charge in [-0.2, -0.15) is 0 Å². The Labute approximate surface area is 158 Å². The third-order valence-electron chi connectivity index (χ3n) is 3.82. The normalized spacial score (nSPS) is 13.3. The van der Waals surface area contributed by atoms with E-state index in [1.54, 1.807) is 36.4 Å². The molecule has 8 nitrogen and oxygen atoms in total. The van der Waals surface area contributed by atoms with E-state index >= 15 is 0 Å². The summed E-state index contributed by atoms with van der Waals surface area (Å²) >= 11 is 1.11. The summed E-state index contributed by atoms with van der Waals surface area (Å²) in [6.07, 6.45) is 3.51. The number of carbonyl (C=O) groups is 2. The molecule has 2 aromatic heterocycles. The number of benzene rings is 1. The number of rotatable bonds is 7. The molecule has 2 N–H and O–H groups in total. The van der Waals surface area contributed by atoms with Crippen molar-refractivity contribution < 1.29 is 18.4 Å². The Morgan fingerprint density at radius 3 is 2.78 bits per heavy atom. The van der Waals surface area contributed by atoms with E-state index in [9.17, 15) is 9.59 Å². The van der Waals surface area contributed by atoms with Crippen molar-refractivity contribution in [2.24, 2.45) is 0 Å². The average Bonchev–Trinajstić information content (AvgIpc) is 3.13. The molecule has 1 aliphatic rings. The molecule has 0 radical (unpaired) electrons. The first-order valence-electron chi connectivity index (χ1n) is 8.39. The van der Waals surface area contributed by atoms with Gasteiger partial charge in [0.1, 0.15) is 0 Å². The predicted octanol–water partition coefficient (Wildman–Crippen LogP) is 2.95. The second-order valence-corrected chi connectivity index (χ2v) is 6.91. The Balaban J connectivity index is 1.35. The Kier molecular flexibility index (Phi) is 4.93. The Bertz CT molecular complexity index is 950. The Morgan fingerprint density at radius 1 is 1.15 bits per heavy atom. The second kappa shape index (κ2) is 7.67. The standard InChI is InChI=1S/C18H16N4O4S/c23-15(10-27-18-22-21-17(26-18)14-6-3-9-25-14)20-13-5-2-1-4-12(13)16(24)19-11-7-8-11/h1-6,9,11H,7-8,10H2,(H,19,24)(H,20,23). The Morgan fingerprint density at radius 2 is 2.00 bits per heavy atom. The highest BCUT2D eigenvalue weighted by Crippen LogP contribution is 2.24. The van der Waals surface area contributed by atoms with Crippen LogP contribution in [0.4, 0.5) is 5.69 Å². The zero-order chi connectivity index (χ0) is 18.6. The molecule has 0 spiro atoms. The number of anilines is 1. The lowest BCUT2D eigenvalue weighted by Crippen LogP contribution is -2.27. The van der Waals surface area contributed by atoms with Gasteiger partial charge >= 0.3 is 0 Å². The van der Waals surface area contributed by atoms with Crippen LogP contribution in [0.25, 0.3) is 11.7 Å². The molecule has 0 bridgehead atoms. The van der Waals surface area contributed by atoms with E-state index < -0.39 is 0 Å². The van der Waals surface area contributed by atoms with Crippen LogP contribution >= 0.6 is 11.8 Å². The van der Waals surface area contributed by atoms with Crippen molar-refractivity contribution in [2.75, 3.05) is 11.1 Å². The van der Waals surface area contributed by atoms with Crippen molar-refractivity contribution in [1.29, 1.82) is 0 Å². The van der Waals surface area contributed by atoms with E-state index in [0.29, 0.717) is 17.0 Å². The lowest BCUT2D eigenvalue weighted by Gasteiger charge is -2.10. The third-order valence-corrected chi connectivity index (χ3v) is 4.64. The fourth-order valence-electron chi connectivity index (χ4n) is 2.36. The Hall–Kier alpha value is -3.07. The number of amides is 2. The monoisotopic (exact) mass is 384 g/mol. The molecule has 2 amide bonds. The van der Waals surface area contributed by atoms with Crippen LogP contribution in [0.1, 0.15) is 23.2 Å². The average molecular weight is 384 g/mol. The smallest absolute Gasteiger partial charge is 0.284 e.